The Hall–Kier alpha value is -2.71. The van der Waals surface area contributed by atoms with E-state index >= 15 is 0 Å². The number of Topliss-reactive ketones (excluding diaryl/α,β-unsaturated/α-hetero) is 1. The highest BCUT2D eigenvalue weighted by Gasteiger charge is 2.31. The lowest BCUT2D eigenvalue weighted by Gasteiger charge is -2.27. The van der Waals surface area contributed by atoms with Crippen molar-refractivity contribution in [2.75, 3.05) is 27.2 Å². The van der Waals surface area contributed by atoms with Crippen LogP contribution in [0.2, 0.25) is 0 Å². The maximum Gasteiger partial charge on any atom is 0.243 e. The normalized spacial score (nSPS) is 16.5. The Labute approximate surface area is 183 Å². The first-order valence-electron chi connectivity index (χ1n) is 10.2. The Bertz CT molecular complexity index is 1050. The van der Waals surface area contributed by atoms with Gasteiger partial charge >= 0.3 is 0 Å². The van der Waals surface area contributed by atoms with Crippen molar-refractivity contribution in [2.24, 2.45) is 0 Å². The molecule has 2 aromatic rings. The van der Waals surface area contributed by atoms with E-state index in [1.54, 1.807) is 12.0 Å². The number of carbonyl (C=O) groups is 2. The van der Waals surface area contributed by atoms with Gasteiger partial charge in [-0.05, 0) is 56.0 Å². The van der Waals surface area contributed by atoms with E-state index in [0.717, 1.165) is 28.5 Å². The minimum Gasteiger partial charge on any atom is -0.497 e. The van der Waals surface area contributed by atoms with E-state index < -0.39 is 10.0 Å². The summed E-state index contributed by atoms with van der Waals surface area (Å²) in [7, 11) is -0.812. The van der Waals surface area contributed by atoms with E-state index in [4.69, 9.17) is 4.74 Å². The summed E-state index contributed by atoms with van der Waals surface area (Å²) in [5, 5.41) is 0. The van der Waals surface area contributed by atoms with Crippen LogP contribution in [0.5, 0.6) is 5.75 Å². The van der Waals surface area contributed by atoms with Crippen LogP contribution >= 0.6 is 0 Å². The first-order chi connectivity index (χ1) is 14.7. The molecular weight excluding hydrogens is 416 g/mol. The second kappa shape index (κ2) is 9.62. The van der Waals surface area contributed by atoms with Crippen molar-refractivity contribution < 1.29 is 22.7 Å². The van der Waals surface area contributed by atoms with E-state index in [1.807, 2.05) is 24.3 Å². The summed E-state index contributed by atoms with van der Waals surface area (Å²) in [6.45, 7) is 1.81. The third-order valence-corrected chi connectivity index (χ3v) is 7.45. The van der Waals surface area contributed by atoms with E-state index in [-0.39, 0.29) is 29.2 Å². The average molecular weight is 445 g/mol. The number of nitrogens with zero attached hydrogens (tertiary/aromatic N) is 2. The van der Waals surface area contributed by atoms with Crippen molar-refractivity contribution in [3.8, 4) is 5.75 Å². The molecule has 0 radical (unpaired) electrons. The van der Waals surface area contributed by atoms with Gasteiger partial charge in [-0.15, -0.1) is 0 Å². The number of hydrogen-bond acceptors (Lipinski definition) is 5. The maximum atomic E-state index is 13.0. The minimum atomic E-state index is -3.83. The highest BCUT2D eigenvalue weighted by Crippen LogP contribution is 2.24. The van der Waals surface area contributed by atoms with Gasteiger partial charge in [0, 0.05) is 25.2 Å². The van der Waals surface area contributed by atoms with Gasteiger partial charge in [0.1, 0.15) is 5.75 Å². The molecule has 1 saturated heterocycles. The van der Waals surface area contributed by atoms with Crippen molar-refractivity contribution in [2.45, 2.75) is 37.1 Å². The molecule has 2 aromatic carbocycles. The van der Waals surface area contributed by atoms with Gasteiger partial charge in [0.2, 0.25) is 15.9 Å². The van der Waals surface area contributed by atoms with Gasteiger partial charge in [-0.3, -0.25) is 9.59 Å². The van der Waals surface area contributed by atoms with Crippen molar-refractivity contribution in [3.05, 3.63) is 59.7 Å². The molecule has 0 aromatic heterocycles. The first-order valence-corrected chi connectivity index (χ1v) is 11.7. The van der Waals surface area contributed by atoms with E-state index in [9.17, 15) is 18.0 Å². The molecule has 1 atom stereocenters. The van der Waals surface area contributed by atoms with E-state index in [2.05, 4.69) is 0 Å². The molecule has 1 unspecified atom stereocenters. The molecule has 0 N–H and O–H groups in total. The number of rotatable bonds is 8. The second-order valence-electron chi connectivity index (χ2n) is 7.78. The fraction of sp³-hybridized carbons (Fsp3) is 0.391. The Morgan fingerprint density at radius 3 is 2.52 bits per heavy atom. The number of methoxy groups -OCH3 is 1. The topological polar surface area (TPSA) is 84.0 Å². The number of ketones is 1. The van der Waals surface area contributed by atoms with Crippen LogP contribution < -0.4 is 4.74 Å². The number of hydrogen-bond donors (Lipinski definition) is 0. The zero-order valence-corrected chi connectivity index (χ0v) is 18.9. The molecule has 1 heterocycles. The van der Waals surface area contributed by atoms with Crippen LogP contribution in [0.15, 0.2) is 53.4 Å². The summed E-state index contributed by atoms with van der Waals surface area (Å²) in [6, 6.07) is 13.6. The van der Waals surface area contributed by atoms with Crippen LogP contribution in [0.1, 0.15) is 35.7 Å². The van der Waals surface area contributed by atoms with Gasteiger partial charge in [-0.1, -0.05) is 24.3 Å². The molecule has 1 amide bonds. The van der Waals surface area contributed by atoms with Crippen LogP contribution in [-0.2, 0) is 21.2 Å². The molecule has 0 saturated carbocycles. The monoisotopic (exact) mass is 444 g/mol. The molecule has 0 bridgehead atoms. The van der Waals surface area contributed by atoms with Gasteiger partial charge in [0.05, 0.1) is 18.6 Å². The predicted octanol–water partition coefficient (Wildman–Crippen LogP) is 2.75. The fourth-order valence-corrected chi connectivity index (χ4v) is 4.98. The highest BCUT2D eigenvalue weighted by atomic mass is 32.2. The summed E-state index contributed by atoms with van der Waals surface area (Å²) < 4.78 is 32.1. The van der Waals surface area contributed by atoms with Crippen molar-refractivity contribution in [1.29, 1.82) is 0 Å². The molecule has 7 nitrogen and oxygen atoms in total. The fourth-order valence-electron chi connectivity index (χ4n) is 3.86. The number of likely N-dealkylation sites (tertiary alicyclic amines) is 1. The van der Waals surface area contributed by atoms with Gasteiger partial charge in [-0.2, -0.15) is 4.31 Å². The summed E-state index contributed by atoms with van der Waals surface area (Å²) >= 11 is 0. The molecular formula is C23H28N2O5S. The van der Waals surface area contributed by atoms with Crippen LogP contribution in [0.3, 0.4) is 0 Å². The van der Waals surface area contributed by atoms with E-state index in [0.29, 0.717) is 18.5 Å². The number of ether oxygens (including phenoxy) is 1. The van der Waals surface area contributed by atoms with Crippen LogP contribution in [0, 0.1) is 0 Å². The lowest BCUT2D eigenvalue weighted by atomic mass is 10.0. The predicted molar refractivity (Wildman–Crippen MR) is 118 cm³/mol. The lowest BCUT2D eigenvalue weighted by molar-refractivity contribution is -0.132. The number of likely N-dealkylation sites (N-methyl/N-ethyl adjacent to an activating group) is 1. The summed E-state index contributed by atoms with van der Waals surface area (Å²) in [5.74, 6) is 0.426. The standard InChI is InChI=1S/C23H28N2O5S/c1-17(26)19-9-11-22(12-10-19)31(28,29)24(2)16-23(27)25-13-5-7-20(25)14-18-6-4-8-21(15-18)30-3/h4,6,8-12,15,20H,5,7,13-14,16H2,1-3H3. The molecule has 1 fully saturated rings. The second-order valence-corrected chi connectivity index (χ2v) is 9.83. The molecule has 1 aliphatic heterocycles. The number of sulfonamides is 1. The first kappa shape index (κ1) is 23.0. The highest BCUT2D eigenvalue weighted by molar-refractivity contribution is 7.89. The average Bonchev–Trinajstić information content (AvgIpc) is 3.22. The molecule has 0 spiro atoms. The third kappa shape index (κ3) is 5.32. The summed E-state index contributed by atoms with van der Waals surface area (Å²) in [5.41, 5.74) is 1.52. The van der Waals surface area contributed by atoms with Gasteiger partial charge < -0.3 is 9.64 Å². The van der Waals surface area contributed by atoms with Gasteiger partial charge in [0.25, 0.3) is 0 Å². The summed E-state index contributed by atoms with van der Waals surface area (Å²) in [4.78, 5) is 26.2. The molecule has 0 aliphatic carbocycles. The Morgan fingerprint density at radius 2 is 1.87 bits per heavy atom. The maximum absolute atomic E-state index is 13.0. The Balaban J connectivity index is 1.68. The number of benzene rings is 2. The smallest absolute Gasteiger partial charge is 0.243 e. The number of carbonyl (C=O) groups excluding carboxylic acids is 2. The quantitative estimate of drug-likeness (QED) is 0.585. The Morgan fingerprint density at radius 1 is 1.16 bits per heavy atom. The zero-order chi connectivity index (χ0) is 22.6. The number of amides is 1. The van der Waals surface area contributed by atoms with Crippen molar-refractivity contribution in [3.63, 3.8) is 0 Å². The molecule has 31 heavy (non-hydrogen) atoms. The van der Waals surface area contributed by atoms with Crippen molar-refractivity contribution in [1.82, 2.24) is 9.21 Å². The van der Waals surface area contributed by atoms with Crippen LogP contribution in [0.4, 0.5) is 0 Å². The molecule has 8 heteroatoms. The van der Waals surface area contributed by atoms with Gasteiger partial charge in [-0.25, -0.2) is 8.42 Å². The lowest BCUT2D eigenvalue weighted by Crippen LogP contribution is -2.44. The largest absolute Gasteiger partial charge is 0.497 e. The van der Waals surface area contributed by atoms with Crippen LogP contribution in [-0.4, -0.2) is 62.6 Å². The minimum absolute atomic E-state index is 0.0329. The zero-order valence-electron chi connectivity index (χ0n) is 18.1. The summed E-state index contributed by atoms with van der Waals surface area (Å²) in [6.07, 6.45) is 2.47. The Kier molecular flexibility index (Phi) is 7.12. The molecule has 3 rings (SSSR count). The van der Waals surface area contributed by atoms with Crippen molar-refractivity contribution >= 4 is 21.7 Å². The molecule has 166 valence electrons. The van der Waals surface area contributed by atoms with E-state index in [1.165, 1.54) is 38.2 Å². The third-order valence-electron chi connectivity index (χ3n) is 5.63. The van der Waals surface area contributed by atoms with Crippen LogP contribution in [0.25, 0.3) is 0 Å². The molecule has 1 aliphatic rings. The SMILES string of the molecule is COc1cccc(CC2CCCN2C(=O)CN(C)S(=O)(=O)c2ccc(C(C)=O)cc2)c1. The van der Waals surface area contributed by atoms with Gasteiger partial charge in [0.15, 0.2) is 5.78 Å².